The highest BCUT2D eigenvalue weighted by atomic mass is 79.9. The molecule has 0 saturated carbocycles. The average Bonchev–Trinajstić information content (AvgIpc) is 3.13. The van der Waals surface area contributed by atoms with Crippen molar-refractivity contribution in [1.29, 1.82) is 0 Å². The van der Waals surface area contributed by atoms with Crippen molar-refractivity contribution in [3.63, 3.8) is 0 Å². The number of hydrogen-bond acceptors (Lipinski definition) is 6. The van der Waals surface area contributed by atoms with Crippen LogP contribution >= 0.6 is 31.9 Å². The molecule has 0 spiro atoms. The van der Waals surface area contributed by atoms with E-state index in [2.05, 4.69) is 36.9 Å². The van der Waals surface area contributed by atoms with Crippen molar-refractivity contribution in [2.75, 3.05) is 0 Å². The fourth-order valence-corrected chi connectivity index (χ4v) is 4.48. The zero-order chi connectivity index (χ0) is 23.5. The monoisotopic (exact) mass is 574 g/mol. The number of nitro benzene ring substituents is 1. The van der Waals surface area contributed by atoms with Gasteiger partial charge >= 0.3 is 5.97 Å². The number of non-ortho nitro benzene ring substituents is 1. The van der Waals surface area contributed by atoms with Gasteiger partial charge in [0.05, 0.1) is 13.9 Å². The Balaban J connectivity index is 1.54. The summed E-state index contributed by atoms with van der Waals surface area (Å²) in [6, 6.07) is 15.2. The van der Waals surface area contributed by atoms with E-state index >= 15 is 0 Å². The van der Waals surface area contributed by atoms with Crippen LogP contribution in [-0.2, 0) is 16.1 Å². The molecule has 166 valence electrons. The van der Waals surface area contributed by atoms with E-state index in [9.17, 15) is 19.3 Å². The highest BCUT2D eigenvalue weighted by molar-refractivity contribution is 9.11. The van der Waals surface area contributed by atoms with Crippen LogP contribution in [0.15, 0.2) is 80.3 Å². The lowest BCUT2D eigenvalue weighted by atomic mass is 10.2. The molecule has 0 saturated heterocycles. The van der Waals surface area contributed by atoms with Gasteiger partial charge in [0.25, 0.3) is 5.69 Å². The van der Waals surface area contributed by atoms with Gasteiger partial charge in [-0.25, -0.2) is 14.2 Å². The Labute approximate surface area is 204 Å². The minimum atomic E-state index is -0.646. The molecule has 33 heavy (non-hydrogen) atoms. The lowest BCUT2D eigenvalue weighted by Crippen LogP contribution is -2.05. The molecule has 0 amide bonds. The number of nitro groups is 1. The van der Waals surface area contributed by atoms with Crippen LogP contribution in [-0.4, -0.2) is 16.8 Å². The first-order chi connectivity index (χ1) is 15.8. The number of nitrogens with zero attached hydrogens (tertiary/aromatic N) is 2. The van der Waals surface area contributed by atoms with Crippen LogP contribution in [0.1, 0.15) is 16.7 Å². The number of hydrogen-bond donors (Lipinski definition) is 0. The number of halogens is 3. The molecule has 3 aromatic rings. The number of carbonyl (C=O) groups is 1. The van der Waals surface area contributed by atoms with Crippen LogP contribution in [0.2, 0.25) is 0 Å². The minimum absolute atomic E-state index is 0.0159. The van der Waals surface area contributed by atoms with Crippen molar-refractivity contribution >= 4 is 55.5 Å². The molecule has 0 N–H and O–H groups in total. The number of aliphatic imine (C=N–C) groups is 1. The summed E-state index contributed by atoms with van der Waals surface area (Å²) >= 11 is 6.89. The van der Waals surface area contributed by atoms with Crippen molar-refractivity contribution in [2.45, 2.75) is 6.61 Å². The highest BCUT2D eigenvalue weighted by Gasteiger charge is 2.24. The molecule has 1 aliphatic rings. The van der Waals surface area contributed by atoms with Crippen molar-refractivity contribution in [2.24, 2.45) is 4.99 Å². The molecule has 0 aromatic heterocycles. The largest absolute Gasteiger partial charge is 0.487 e. The molecule has 0 aliphatic carbocycles. The van der Waals surface area contributed by atoms with Gasteiger partial charge in [0.2, 0.25) is 5.90 Å². The Kier molecular flexibility index (Phi) is 6.66. The van der Waals surface area contributed by atoms with Gasteiger partial charge in [0.15, 0.2) is 5.70 Å². The Hall–Kier alpha value is -3.37. The fraction of sp³-hybridized carbons (Fsp3) is 0.0435. The maximum Gasteiger partial charge on any atom is 0.363 e. The van der Waals surface area contributed by atoms with E-state index in [0.29, 0.717) is 31.4 Å². The molecule has 0 fully saturated rings. The number of rotatable bonds is 6. The predicted octanol–water partition coefficient (Wildman–Crippen LogP) is 6.18. The van der Waals surface area contributed by atoms with Crippen LogP contribution in [0.4, 0.5) is 10.1 Å². The van der Waals surface area contributed by atoms with Crippen LogP contribution in [0.25, 0.3) is 6.08 Å². The van der Waals surface area contributed by atoms with Gasteiger partial charge in [-0.2, -0.15) is 0 Å². The SMILES string of the molecule is O=C1OC(c2cccc(F)c2)=N/C1=C\c1cc(Br)c(OCc2cccc([N+](=O)[O-])c2)c(Br)c1. The number of carbonyl (C=O) groups excluding carboxylic acids is 1. The molecule has 0 bridgehead atoms. The first-order valence-electron chi connectivity index (χ1n) is 9.44. The van der Waals surface area contributed by atoms with E-state index < -0.39 is 16.7 Å². The zero-order valence-corrected chi connectivity index (χ0v) is 19.8. The van der Waals surface area contributed by atoms with Crippen molar-refractivity contribution in [3.05, 3.63) is 108 Å². The topological polar surface area (TPSA) is 91.0 Å². The second-order valence-corrected chi connectivity index (χ2v) is 8.58. The van der Waals surface area contributed by atoms with E-state index in [4.69, 9.17) is 9.47 Å². The van der Waals surface area contributed by atoms with Crippen LogP contribution < -0.4 is 4.74 Å². The first kappa shape index (κ1) is 22.8. The standard InChI is InChI=1S/C23H13Br2FN2O5/c24-18-8-14(10-20-23(29)33-22(27-20)15-4-2-5-16(26)11-15)9-19(25)21(18)32-12-13-3-1-6-17(7-13)28(30)31/h1-11H,12H2/b20-10-. The summed E-state index contributed by atoms with van der Waals surface area (Å²) in [5, 5.41) is 10.9. The first-order valence-corrected chi connectivity index (χ1v) is 11.0. The van der Waals surface area contributed by atoms with Gasteiger partial charge in [-0.15, -0.1) is 0 Å². The van der Waals surface area contributed by atoms with E-state index in [-0.39, 0.29) is 23.9 Å². The maximum absolute atomic E-state index is 13.5. The van der Waals surface area contributed by atoms with Gasteiger partial charge in [-0.3, -0.25) is 10.1 Å². The smallest absolute Gasteiger partial charge is 0.363 e. The van der Waals surface area contributed by atoms with Crippen LogP contribution in [0.5, 0.6) is 5.75 Å². The molecule has 0 unspecified atom stereocenters. The molecule has 0 radical (unpaired) electrons. The second kappa shape index (κ2) is 9.63. The predicted molar refractivity (Wildman–Crippen MR) is 126 cm³/mol. The molecular weight excluding hydrogens is 563 g/mol. The van der Waals surface area contributed by atoms with Crippen molar-refractivity contribution in [3.8, 4) is 5.75 Å². The van der Waals surface area contributed by atoms with Crippen LogP contribution in [0.3, 0.4) is 0 Å². The average molecular weight is 576 g/mol. The van der Waals surface area contributed by atoms with Crippen LogP contribution in [0, 0.1) is 15.9 Å². The minimum Gasteiger partial charge on any atom is -0.487 e. The molecular formula is C23H13Br2FN2O5. The molecule has 1 heterocycles. The number of cyclic esters (lactones) is 1. The summed E-state index contributed by atoms with van der Waals surface area (Å²) < 4.78 is 25.6. The van der Waals surface area contributed by atoms with Gasteiger partial charge in [0, 0.05) is 17.7 Å². The normalized spacial score (nSPS) is 14.2. The molecule has 4 rings (SSSR count). The van der Waals surface area contributed by atoms with E-state index in [0.717, 1.165) is 0 Å². The van der Waals surface area contributed by atoms with Gasteiger partial charge in [-0.05, 0) is 79.4 Å². The number of benzene rings is 3. The third-order valence-electron chi connectivity index (χ3n) is 4.52. The molecule has 7 nitrogen and oxygen atoms in total. The Morgan fingerprint density at radius 1 is 1.09 bits per heavy atom. The number of esters is 1. The third-order valence-corrected chi connectivity index (χ3v) is 5.70. The highest BCUT2D eigenvalue weighted by Crippen LogP contribution is 2.36. The molecule has 1 aliphatic heterocycles. The summed E-state index contributed by atoms with van der Waals surface area (Å²) in [5.74, 6) is -0.591. The molecule has 10 heteroatoms. The molecule has 3 aromatic carbocycles. The quantitative estimate of drug-likeness (QED) is 0.151. The summed E-state index contributed by atoms with van der Waals surface area (Å²) in [5.41, 5.74) is 1.69. The Bertz CT molecular complexity index is 1320. The Morgan fingerprint density at radius 2 is 1.82 bits per heavy atom. The van der Waals surface area contributed by atoms with Gasteiger partial charge in [0.1, 0.15) is 18.2 Å². The van der Waals surface area contributed by atoms with E-state index in [1.807, 2.05) is 0 Å². The van der Waals surface area contributed by atoms with Crippen molar-refractivity contribution in [1.82, 2.24) is 0 Å². The number of ether oxygens (including phenoxy) is 2. The van der Waals surface area contributed by atoms with Gasteiger partial charge in [-0.1, -0.05) is 18.2 Å². The summed E-state index contributed by atoms with van der Waals surface area (Å²) in [4.78, 5) is 26.9. The lowest BCUT2D eigenvalue weighted by molar-refractivity contribution is -0.384. The second-order valence-electron chi connectivity index (χ2n) is 6.88. The van der Waals surface area contributed by atoms with E-state index in [1.165, 1.54) is 36.4 Å². The summed E-state index contributed by atoms with van der Waals surface area (Å²) in [6.07, 6.45) is 1.54. The van der Waals surface area contributed by atoms with Crippen molar-refractivity contribution < 1.29 is 23.6 Å². The van der Waals surface area contributed by atoms with Gasteiger partial charge < -0.3 is 9.47 Å². The zero-order valence-electron chi connectivity index (χ0n) is 16.6. The third kappa shape index (κ3) is 5.35. The lowest BCUT2D eigenvalue weighted by Gasteiger charge is -2.11. The summed E-state index contributed by atoms with van der Waals surface area (Å²) in [6.45, 7) is 0.118. The molecule has 0 atom stereocenters. The Morgan fingerprint density at radius 3 is 2.52 bits per heavy atom. The van der Waals surface area contributed by atoms with E-state index in [1.54, 1.807) is 30.3 Å². The maximum atomic E-state index is 13.5. The fourth-order valence-electron chi connectivity index (χ4n) is 3.03. The summed E-state index contributed by atoms with van der Waals surface area (Å²) in [7, 11) is 0.